The van der Waals surface area contributed by atoms with E-state index in [0.717, 1.165) is 15.8 Å². The summed E-state index contributed by atoms with van der Waals surface area (Å²) >= 11 is 1.39. The molecule has 194 valence electrons. The minimum atomic E-state index is -0.693. The number of carbonyl (C=O) groups is 1. The second kappa shape index (κ2) is 10.4. The Morgan fingerprint density at radius 1 is 1.13 bits per heavy atom. The lowest BCUT2D eigenvalue weighted by molar-refractivity contribution is 0.0969. The Bertz CT molecular complexity index is 1640. The van der Waals surface area contributed by atoms with E-state index >= 15 is 0 Å². The molecule has 0 aliphatic heterocycles. The third-order valence-electron chi connectivity index (χ3n) is 5.46. The maximum atomic E-state index is 14.9. The van der Waals surface area contributed by atoms with E-state index in [1.165, 1.54) is 30.7 Å². The molecule has 0 fully saturated rings. The molecule has 2 aromatic carbocycles. The highest BCUT2D eigenvalue weighted by atomic mass is 32.1. The summed E-state index contributed by atoms with van der Waals surface area (Å²) in [5.74, 6) is 0.211. The molecule has 0 radical (unpaired) electrons. The molecule has 5 rings (SSSR count). The molecule has 0 spiro atoms. The van der Waals surface area contributed by atoms with Crippen LogP contribution < -0.4 is 20.5 Å². The molecule has 3 N–H and O–H groups in total. The largest absolute Gasteiger partial charge is 0.484 e. The Kier molecular flexibility index (Phi) is 6.88. The molecule has 3 heterocycles. The number of nitrogens with two attached hydrogens (primary N) is 1. The summed E-state index contributed by atoms with van der Waals surface area (Å²) in [5.41, 5.74) is 9.58. The predicted octanol–water partition coefficient (Wildman–Crippen LogP) is 5.36. The topological polar surface area (TPSA) is 134 Å². The number of fused-ring (bicyclic) bond motifs is 2. The number of benzene rings is 2. The van der Waals surface area contributed by atoms with Crippen molar-refractivity contribution in [1.82, 2.24) is 19.9 Å². The van der Waals surface area contributed by atoms with Gasteiger partial charge in [0.25, 0.3) is 0 Å². The van der Waals surface area contributed by atoms with Crippen LogP contribution in [0.2, 0.25) is 0 Å². The van der Waals surface area contributed by atoms with Gasteiger partial charge in [-0.25, -0.2) is 29.1 Å². The fourth-order valence-electron chi connectivity index (χ4n) is 3.72. The Morgan fingerprint density at radius 2 is 1.97 bits per heavy atom. The number of methoxy groups -OCH3 is 1. The fraction of sp³-hybridized carbons (Fsp3) is 0.192. The van der Waals surface area contributed by atoms with Gasteiger partial charge in [0.15, 0.2) is 11.6 Å². The number of anilines is 2. The standard InChI is InChI=1S/C26H23FN6O4S/c1-13-6-16(24-19(7-13)32-23(35-3)11-30-24)25-33-18-8-17(27)20(9-21(18)38-25)37-14(2)12-36-26(34)31-15-4-5-22(28)29-10-15/h4-11,14H,12H2,1-3H3,(H2,28,29)(H,31,34). The monoisotopic (exact) mass is 534 g/mol. The summed E-state index contributed by atoms with van der Waals surface area (Å²) in [6, 6.07) is 9.96. The molecule has 0 saturated carbocycles. The normalized spacial score (nSPS) is 11.9. The third kappa shape index (κ3) is 5.39. The van der Waals surface area contributed by atoms with Gasteiger partial charge in [-0.15, -0.1) is 11.3 Å². The van der Waals surface area contributed by atoms with Gasteiger partial charge in [0.05, 0.1) is 46.4 Å². The van der Waals surface area contributed by atoms with Crippen molar-refractivity contribution in [3.8, 4) is 22.2 Å². The zero-order valence-electron chi connectivity index (χ0n) is 20.7. The number of nitrogen functional groups attached to an aromatic ring is 1. The van der Waals surface area contributed by atoms with Crippen molar-refractivity contribution in [2.45, 2.75) is 20.0 Å². The number of hydrogen-bond donors (Lipinski definition) is 2. The van der Waals surface area contributed by atoms with E-state index in [-0.39, 0.29) is 12.4 Å². The zero-order valence-corrected chi connectivity index (χ0v) is 21.5. The number of pyridine rings is 1. The zero-order chi connectivity index (χ0) is 26.8. The molecular formula is C26H23FN6O4S. The lowest BCUT2D eigenvalue weighted by Gasteiger charge is -2.15. The van der Waals surface area contributed by atoms with Crippen LogP contribution in [0.4, 0.5) is 20.7 Å². The Balaban J connectivity index is 1.32. The van der Waals surface area contributed by atoms with Crippen LogP contribution in [-0.2, 0) is 4.74 Å². The number of nitrogens with one attached hydrogen (secondary N) is 1. The van der Waals surface area contributed by atoms with Gasteiger partial charge in [-0.3, -0.25) is 5.32 Å². The first-order valence-corrected chi connectivity index (χ1v) is 12.3. The van der Waals surface area contributed by atoms with Crippen molar-refractivity contribution in [3.63, 3.8) is 0 Å². The van der Waals surface area contributed by atoms with E-state index < -0.39 is 18.0 Å². The smallest absolute Gasteiger partial charge is 0.411 e. The van der Waals surface area contributed by atoms with Crippen LogP contribution in [0.15, 0.2) is 48.8 Å². The molecule has 0 saturated heterocycles. The number of rotatable bonds is 7. The molecule has 1 amide bonds. The van der Waals surface area contributed by atoms with Gasteiger partial charge in [-0.05, 0) is 43.7 Å². The average Bonchev–Trinajstić information content (AvgIpc) is 3.30. The maximum absolute atomic E-state index is 14.9. The summed E-state index contributed by atoms with van der Waals surface area (Å²) in [6.07, 6.45) is 1.65. The molecule has 0 aliphatic carbocycles. The summed E-state index contributed by atoms with van der Waals surface area (Å²) in [5, 5.41) is 3.21. The van der Waals surface area contributed by atoms with E-state index in [0.29, 0.717) is 38.9 Å². The molecule has 3 aromatic heterocycles. The highest BCUT2D eigenvalue weighted by Gasteiger charge is 2.17. The number of halogens is 1. The quantitative estimate of drug-likeness (QED) is 0.283. The lowest BCUT2D eigenvalue weighted by atomic mass is 10.1. The Morgan fingerprint density at radius 3 is 2.74 bits per heavy atom. The van der Waals surface area contributed by atoms with E-state index in [2.05, 4.69) is 25.3 Å². The third-order valence-corrected chi connectivity index (χ3v) is 6.51. The van der Waals surface area contributed by atoms with Gasteiger partial charge >= 0.3 is 6.09 Å². The fourth-order valence-corrected chi connectivity index (χ4v) is 4.71. The van der Waals surface area contributed by atoms with Gasteiger partial charge in [-0.2, -0.15) is 0 Å². The van der Waals surface area contributed by atoms with Crippen molar-refractivity contribution in [1.29, 1.82) is 0 Å². The SMILES string of the molecule is COc1cnc2c(-c3nc4cc(F)c(OC(C)COC(=O)Nc5ccc(N)nc5)cc4s3)cc(C)cc2n1. The summed E-state index contributed by atoms with van der Waals surface area (Å²) in [6.45, 7) is 3.53. The molecule has 0 bridgehead atoms. The van der Waals surface area contributed by atoms with Gasteiger partial charge in [-0.1, -0.05) is 0 Å². The Hall–Kier alpha value is -4.58. The molecule has 1 atom stereocenters. The summed E-state index contributed by atoms with van der Waals surface area (Å²) in [7, 11) is 1.54. The number of nitrogens with zero attached hydrogens (tertiary/aromatic N) is 4. The number of ether oxygens (including phenoxy) is 3. The van der Waals surface area contributed by atoms with Crippen LogP contribution in [0, 0.1) is 12.7 Å². The molecule has 0 aliphatic rings. The molecular weight excluding hydrogens is 511 g/mol. The van der Waals surface area contributed by atoms with Crippen molar-refractivity contribution >= 4 is 50.2 Å². The number of hydrogen-bond acceptors (Lipinski definition) is 10. The number of aromatic nitrogens is 4. The summed E-state index contributed by atoms with van der Waals surface area (Å²) < 4.78 is 31.7. The van der Waals surface area contributed by atoms with Crippen LogP contribution >= 0.6 is 11.3 Å². The first-order chi connectivity index (χ1) is 18.3. The van der Waals surface area contributed by atoms with Crippen LogP contribution in [0.25, 0.3) is 31.8 Å². The molecule has 38 heavy (non-hydrogen) atoms. The first-order valence-electron chi connectivity index (χ1n) is 11.5. The predicted molar refractivity (Wildman–Crippen MR) is 143 cm³/mol. The molecule has 1 unspecified atom stereocenters. The maximum Gasteiger partial charge on any atom is 0.411 e. The number of aryl methyl sites for hydroxylation is 1. The van der Waals surface area contributed by atoms with Gasteiger partial charge in [0, 0.05) is 17.7 Å². The van der Waals surface area contributed by atoms with Gasteiger partial charge in [0.2, 0.25) is 5.88 Å². The van der Waals surface area contributed by atoms with Gasteiger partial charge in [0.1, 0.15) is 23.5 Å². The molecule has 5 aromatic rings. The van der Waals surface area contributed by atoms with Gasteiger partial charge < -0.3 is 19.9 Å². The second-order valence-corrected chi connectivity index (χ2v) is 9.52. The van der Waals surface area contributed by atoms with E-state index in [9.17, 15) is 9.18 Å². The number of thiazole rings is 1. The van der Waals surface area contributed by atoms with Crippen LogP contribution in [-0.4, -0.2) is 45.8 Å². The lowest BCUT2D eigenvalue weighted by Crippen LogP contribution is -2.24. The van der Waals surface area contributed by atoms with Crippen LogP contribution in [0.1, 0.15) is 12.5 Å². The minimum absolute atomic E-state index is 0.0329. The summed E-state index contributed by atoms with van der Waals surface area (Å²) in [4.78, 5) is 29.5. The molecule has 10 nitrogen and oxygen atoms in total. The number of carbonyl (C=O) groups excluding carboxylic acids is 1. The van der Waals surface area contributed by atoms with Crippen LogP contribution in [0.5, 0.6) is 11.6 Å². The minimum Gasteiger partial charge on any atom is -0.484 e. The average molecular weight is 535 g/mol. The highest BCUT2D eigenvalue weighted by Crippen LogP contribution is 2.37. The highest BCUT2D eigenvalue weighted by molar-refractivity contribution is 7.21. The van der Waals surface area contributed by atoms with E-state index in [1.807, 2.05) is 19.1 Å². The van der Waals surface area contributed by atoms with Crippen molar-refractivity contribution in [3.05, 3.63) is 60.2 Å². The van der Waals surface area contributed by atoms with E-state index in [1.54, 1.807) is 31.3 Å². The second-order valence-electron chi connectivity index (χ2n) is 8.49. The first kappa shape index (κ1) is 25.1. The van der Waals surface area contributed by atoms with Crippen LogP contribution in [0.3, 0.4) is 0 Å². The van der Waals surface area contributed by atoms with Crippen molar-refractivity contribution < 1.29 is 23.4 Å². The number of amides is 1. The Labute approximate surface area is 220 Å². The van der Waals surface area contributed by atoms with Crippen molar-refractivity contribution in [2.24, 2.45) is 0 Å². The molecule has 12 heteroatoms. The van der Waals surface area contributed by atoms with E-state index in [4.69, 9.17) is 19.9 Å². The van der Waals surface area contributed by atoms with Crippen molar-refractivity contribution in [2.75, 3.05) is 24.8 Å².